The molecule has 0 heterocycles. The molecule has 2 aromatic carbocycles. The summed E-state index contributed by atoms with van der Waals surface area (Å²) in [6, 6.07) is 10.8. The minimum atomic E-state index is -0.857. The number of nitrogens with one attached hydrogen (secondary N) is 1. The van der Waals surface area contributed by atoms with Crippen LogP contribution in [-0.2, 0) is 6.42 Å². The van der Waals surface area contributed by atoms with Gasteiger partial charge in [-0.2, -0.15) is 0 Å². The summed E-state index contributed by atoms with van der Waals surface area (Å²) in [5.74, 6) is -2.45. The summed E-state index contributed by atoms with van der Waals surface area (Å²) in [6.07, 6.45) is 0.765. The quantitative estimate of drug-likeness (QED) is 0.820. The van der Waals surface area contributed by atoms with Crippen LogP contribution in [0.1, 0.15) is 27.5 Å². The highest BCUT2D eigenvalue weighted by molar-refractivity contribution is 9.09. The lowest BCUT2D eigenvalue weighted by Gasteiger charge is -2.18. The third-order valence-electron chi connectivity index (χ3n) is 3.64. The summed E-state index contributed by atoms with van der Waals surface area (Å²) in [5, 5.41) is 2.72. The Bertz CT molecular complexity index is 684. The lowest BCUT2D eigenvalue weighted by molar-refractivity contribution is 0.0929. The molecule has 1 amide bonds. The molecule has 1 aliphatic carbocycles. The Labute approximate surface area is 129 Å². The molecule has 108 valence electrons. The molecule has 5 heteroatoms. The number of amides is 1. The molecule has 1 aliphatic rings. The molecule has 0 saturated carbocycles. The Morgan fingerprint density at radius 3 is 2.48 bits per heavy atom. The van der Waals surface area contributed by atoms with Gasteiger partial charge in [0, 0.05) is 4.83 Å². The van der Waals surface area contributed by atoms with Crippen LogP contribution < -0.4 is 5.32 Å². The first-order valence-electron chi connectivity index (χ1n) is 6.54. The van der Waals surface area contributed by atoms with Crippen LogP contribution in [0.25, 0.3) is 0 Å². The molecule has 0 fully saturated rings. The van der Waals surface area contributed by atoms with Gasteiger partial charge in [-0.15, -0.1) is 0 Å². The van der Waals surface area contributed by atoms with E-state index in [1.165, 1.54) is 6.07 Å². The smallest absolute Gasteiger partial charge is 0.257 e. The molecule has 2 unspecified atom stereocenters. The molecule has 3 rings (SSSR count). The second-order valence-electron chi connectivity index (χ2n) is 4.97. The number of carbonyl (C=O) groups is 1. The maximum atomic E-state index is 13.7. The standard InChI is InChI=1S/C16H12BrF2NO/c17-11-8-9-4-1-2-5-10(9)15(11)20-16(21)14-12(18)6-3-7-13(14)19/h1-7,11,15H,8H2,(H,20,21). The van der Waals surface area contributed by atoms with Gasteiger partial charge in [0.05, 0.1) is 6.04 Å². The van der Waals surface area contributed by atoms with Crippen molar-refractivity contribution in [3.05, 3.63) is 70.8 Å². The molecule has 2 aromatic rings. The van der Waals surface area contributed by atoms with Gasteiger partial charge in [-0.1, -0.05) is 46.3 Å². The van der Waals surface area contributed by atoms with Crippen LogP contribution in [0, 0.1) is 11.6 Å². The number of halogens is 3. The third-order valence-corrected chi connectivity index (χ3v) is 4.50. The fourth-order valence-corrected chi connectivity index (χ4v) is 3.41. The lowest BCUT2D eigenvalue weighted by Crippen LogP contribution is -2.32. The maximum Gasteiger partial charge on any atom is 0.257 e. The molecule has 0 radical (unpaired) electrons. The van der Waals surface area contributed by atoms with Crippen LogP contribution >= 0.6 is 15.9 Å². The van der Waals surface area contributed by atoms with E-state index in [1.807, 2.05) is 24.3 Å². The first kappa shape index (κ1) is 14.2. The fourth-order valence-electron chi connectivity index (χ4n) is 2.64. The van der Waals surface area contributed by atoms with Gasteiger partial charge in [0.2, 0.25) is 0 Å². The van der Waals surface area contributed by atoms with E-state index in [2.05, 4.69) is 21.2 Å². The topological polar surface area (TPSA) is 29.1 Å². The number of hydrogen-bond acceptors (Lipinski definition) is 1. The van der Waals surface area contributed by atoms with Crippen molar-refractivity contribution in [1.82, 2.24) is 5.32 Å². The van der Waals surface area contributed by atoms with Gasteiger partial charge in [-0.25, -0.2) is 8.78 Å². The van der Waals surface area contributed by atoms with Gasteiger partial charge >= 0.3 is 0 Å². The molecular weight excluding hydrogens is 340 g/mol. The Balaban J connectivity index is 1.89. The van der Waals surface area contributed by atoms with Crippen molar-refractivity contribution >= 4 is 21.8 Å². The minimum Gasteiger partial charge on any atom is -0.344 e. The maximum absolute atomic E-state index is 13.7. The number of carbonyl (C=O) groups excluding carboxylic acids is 1. The average Bonchev–Trinajstić information content (AvgIpc) is 2.75. The van der Waals surface area contributed by atoms with Crippen molar-refractivity contribution in [2.75, 3.05) is 0 Å². The van der Waals surface area contributed by atoms with E-state index in [4.69, 9.17) is 0 Å². The highest BCUT2D eigenvalue weighted by Crippen LogP contribution is 2.36. The highest BCUT2D eigenvalue weighted by atomic mass is 79.9. The highest BCUT2D eigenvalue weighted by Gasteiger charge is 2.32. The van der Waals surface area contributed by atoms with Crippen LogP contribution in [0.5, 0.6) is 0 Å². The molecule has 2 nitrogen and oxygen atoms in total. The second-order valence-corrected chi connectivity index (χ2v) is 6.14. The third kappa shape index (κ3) is 2.58. The number of rotatable bonds is 2. The summed E-state index contributed by atoms with van der Waals surface area (Å²) < 4.78 is 27.3. The van der Waals surface area contributed by atoms with Crippen molar-refractivity contribution in [3.8, 4) is 0 Å². The van der Waals surface area contributed by atoms with Crippen molar-refractivity contribution in [2.24, 2.45) is 0 Å². The predicted molar refractivity (Wildman–Crippen MR) is 79.4 cm³/mol. The molecule has 0 aliphatic heterocycles. The summed E-state index contributed by atoms with van der Waals surface area (Å²) in [5.41, 5.74) is 1.56. The van der Waals surface area contributed by atoms with Crippen LogP contribution in [0.2, 0.25) is 0 Å². The van der Waals surface area contributed by atoms with Crippen molar-refractivity contribution in [1.29, 1.82) is 0 Å². The van der Waals surface area contributed by atoms with Gasteiger partial charge < -0.3 is 5.32 Å². The Morgan fingerprint density at radius 2 is 1.76 bits per heavy atom. The zero-order chi connectivity index (χ0) is 15.0. The summed E-state index contributed by atoms with van der Waals surface area (Å²) in [7, 11) is 0. The zero-order valence-electron chi connectivity index (χ0n) is 10.9. The molecule has 2 atom stereocenters. The van der Waals surface area contributed by atoms with Crippen molar-refractivity contribution in [2.45, 2.75) is 17.3 Å². The zero-order valence-corrected chi connectivity index (χ0v) is 12.5. The van der Waals surface area contributed by atoms with E-state index in [9.17, 15) is 13.6 Å². The van der Waals surface area contributed by atoms with Gasteiger partial charge in [0.1, 0.15) is 17.2 Å². The van der Waals surface area contributed by atoms with Gasteiger partial charge in [-0.3, -0.25) is 4.79 Å². The normalized spacial score (nSPS) is 20.1. The number of alkyl halides is 1. The number of hydrogen-bond donors (Lipinski definition) is 1. The van der Waals surface area contributed by atoms with Gasteiger partial charge in [-0.05, 0) is 29.7 Å². The van der Waals surface area contributed by atoms with E-state index < -0.39 is 23.1 Å². The average molecular weight is 352 g/mol. The summed E-state index contributed by atoms with van der Waals surface area (Å²) >= 11 is 3.52. The first-order chi connectivity index (χ1) is 10.1. The van der Waals surface area contributed by atoms with Crippen molar-refractivity contribution in [3.63, 3.8) is 0 Å². The van der Waals surface area contributed by atoms with E-state index in [1.54, 1.807) is 0 Å². The fraction of sp³-hybridized carbons (Fsp3) is 0.188. The van der Waals surface area contributed by atoms with E-state index in [-0.39, 0.29) is 10.9 Å². The summed E-state index contributed by atoms with van der Waals surface area (Å²) in [4.78, 5) is 12.2. The Morgan fingerprint density at radius 1 is 1.10 bits per heavy atom. The molecular formula is C16H12BrF2NO. The molecule has 0 bridgehead atoms. The van der Waals surface area contributed by atoms with Gasteiger partial charge in [0.15, 0.2) is 0 Å². The van der Waals surface area contributed by atoms with Gasteiger partial charge in [0.25, 0.3) is 5.91 Å². The SMILES string of the molecule is O=C(NC1c2ccccc2CC1Br)c1c(F)cccc1F. The Kier molecular flexibility index (Phi) is 3.76. The largest absolute Gasteiger partial charge is 0.344 e. The van der Waals surface area contributed by atoms with E-state index >= 15 is 0 Å². The molecule has 21 heavy (non-hydrogen) atoms. The number of benzene rings is 2. The van der Waals surface area contributed by atoms with Crippen LogP contribution in [-0.4, -0.2) is 10.7 Å². The molecule has 0 saturated heterocycles. The van der Waals surface area contributed by atoms with E-state index in [0.29, 0.717) is 0 Å². The monoisotopic (exact) mass is 351 g/mol. The van der Waals surface area contributed by atoms with Crippen LogP contribution in [0.4, 0.5) is 8.78 Å². The molecule has 0 spiro atoms. The van der Waals surface area contributed by atoms with Crippen LogP contribution in [0.3, 0.4) is 0 Å². The first-order valence-corrected chi connectivity index (χ1v) is 7.46. The molecule has 0 aromatic heterocycles. The Hall–Kier alpha value is -1.75. The second kappa shape index (κ2) is 5.56. The predicted octanol–water partition coefficient (Wildman–Crippen LogP) is 3.76. The minimum absolute atomic E-state index is 0.00804. The van der Waals surface area contributed by atoms with Crippen LogP contribution in [0.15, 0.2) is 42.5 Å². The van der Waals surface area contributed by atoms with E-state index in [0.717, 1.165) is 29.7 Å². The lowest BCUT2D eigenvalue weighted by atomic mass is 10.1. The number of fused-ring (bicyclic) bond motifs is 1. The summed E-state index contributed by atoms with van der Waals surface area (Å²) in [6.45, 7) is 0. The van der Waals surface area contributed by atoms with Crippen molar-refractivity contribution < 1.29 is 13.6 Å². The molecule has 1 N–H and O–H groups in total.